The Labute approximate surface area is 200 Å². The third kappa shape index (κ3) is 6.75. The van der Waals surface area contributed by atoms with Gasteiger partial charge >= 0.3 is 6.09 Å². The first kappa shape index (κ1) is 25.6. The monoisotopic (exact) mass is 476 g/mol. The summed E-state index contributed by atoms with van der Waals surface area (Å²) in [6.45, 7) is 11.2. The summed E-state index contributed by atoms with van der Waals surface area (Å²) >= 11 is 0. The molecule has 1 aromatic heterocycles. The number of likely N-dealkylation sites (tertiary alicyclic amines) is 1. The second kappa shape index (κ2) is 10.5. The molecule has 2 heterocycles. The van der Waals surface area contributed by atoms with E-state index in [4.69, 9.17) is 23.5 Å². The average Bonchev–Trinajstić information content (AvgIpc) is 3.23. The Bertz CT molecular complexity index is 938. The van der Waals surface area contributed by atoms with Crippen LogP contribution in [-0.4, -0.2) is 60.1 Å². The van der Waals surface area contributed by atoms with Crippen molar-refractivity contribution in [3.05, 3.63) is 29.9 Å². The first-order valence-corrected chi connectivity index (χ1v) is 11.4. The molecule has 1 aliphatic rings. The molecule has 1 aliphatic heterocycles. The highest BCUT2D eigenvalue weighted by Crippen LogP contribution is 2.38. The van der Waals surface area contributed by atoms with Gasteiger partial charge in [0.05, 0.1) is 20.8 Å². The van der Waals surface area contributed by atoms with Gasteiger partial charge in [-0.2, -0.15) is 4.98 Å². The topological polar surface area (TPSA) is 108 Å². The summed E-state index contributed by atoms with van der Waals surface area (Å²) in [7, 11) is 3.24. The van der Waals surface area contributed by atoms with Crippen LogP contribution in [-0.2, 0) is 16.8 Å². The number of hydrogen-bond acceptors (Lipinski definition) is 9. The smallest absolute Gasteiger partial charge is 0.408 e. The minimum atomic E-state index is -0.835. The summed E-state index contributed by atoms with van der Waals surface area (Å²) in [6, 6.07) is 5.59. The standard InChI is InChI=1S/C24H36N4O6/c1-23(2,3)33-22(29)26-24(4,5)21-25-19(34-27-21)15-28-13-11-16(12-14-28)32-20-17(30-6)9-8-10-18(20)31-7/h8-10,16H,11-15H2,1-7H3,(H,26,29). The van der Waals surface area contributed by atoms with E-state index >= 15 is 0 Å². The number of ether oxygens (including phenoxy) is 4. The Hall–Kier alpha value is -3.01. The van der Waals surface area contributed by atoms with Crippen LogP contribution >= 0.6 is 0 Å². The summed E-state index contributed by atoms with van der Waals surface area (Å²) < 4.78 is 27.9. The van der Waals surface area contributed by atoms with Crippen molar-refractivity contribution in [1.29, 1.82) is 0 Å². The number of benzene rings is 1. The largest absolute Gasteiger partial charge is 0.493 e. The number of rotatable bonds is 8. The van der Waals surface area contributed by atoms with Gasteiger partial charge in [-0.25, -0.2) is 4.79 Å². The summed E-state index contributed by atoms with van der Waals surface area (Å²) in [6.07, 6.45) is 1.20. The lowest BCUT2D eigenvalue weighted by atomic mass is 10.1. The van der Waals surface area contributed by atoms with Gasteiger partial charge in [0.15, 0.2) is 17.3 Å². The zero-order valence-corrected chi connectivity index (χ0v) is 21.1. The van der Waals surface area contributed by atoms with Crippen LogP contribution in [0, 0.1) is 0 Å². The first-order valence-electron chi connectivity index (χ1n) is 11.4. The molecule has 0 aliphatic carbocycles. The molecule has 10 nitrogen and oxygen atoms in total. The molecule has 1 N–H and O–H groups in total. The fourth-order valence-electron chi connectivity index (χ4n) is 3.66. The van der Waals surface area contributed by atoms with Crippen LogP contribution in [0.1, 0.15) is 59.2 Å². The van der Waals surface area contributed by atoms with Crippen molar-refractivity contribution >= 4 is 6.09 Å². The molecule has 10 heteroatoms. The Balaban J connectivity index is 1.53. The number of carbonyl (C=O) groups is 1. The molecular weight excluding hydrogens is 440 g/mol. The lowest BCUT2D eigenvalue weighted by Crippen LogP contribution is -2.44. The van der Waals surface area contributed by atoms with E-state index in [-0.39, 0.29) is 6.10 Å². The van der Waals surface area contributed by atoms with Crippen LogP contribution < -0.4 is 19.5 Å². The van der Waals surface area contributed by atoms with Crippen LogP contribution in [0.3, 0.4) is 0 Å². The van der Waals surface area contributed by atoms with Crippen LogP contribution in [0.2, 0.25) is 0 Å². The zero-order chi connectivity index (χ0) is 24.9. The fourth-order valence-corrected chi connectivity index (χ4v) is 3.66. The Morgan fingerprint density at radius 3 is 2.29 bits per heavy atom. The van der Waals surface area contributed by atoms with Gasteiger partial charge in [0.1, 0.15) is 17.2 Å². The lowest BCUT2D eigenvalue weighted by Gasteiger charge is -2.31. The van der Waals surface area contributed by atoms with Gasteiger partial charge in [-0.05, 0) is 59.6 Å². The molecule has 0 spiro atoms. The lowest BCUT2D eigenvalue weighted by molar-refractivity contribution is 0.0465. The van der Waals surface area contributed by atoms with E-state index in [9.17, 15) is 4.79 Å². The minimum absolute atomic E-state index is 0.0525. The summed E-state index contributed by atoms with van der Waals surface area (Å²) in [5.74, 6) is 2.84. The third-order valence-corrected chi connectivity index (χ3v) is 5.40. The summed E-state index contributed by atoms with van der Waals surface area (Å²) in [5.41, 5.74) is -1.42. The number of piperidine rings is 1. The van der Waals surface area contributed by atoms with Gasteiger partial charge < -0.3 is 28.8 Å². The van der Waals surface area contributed by atoms with Crippen molar-refractivity contribution in [3.63, 3.8) is 0 Å². The van der Waals surface area contributed by atoms with Crippen molar-refractivity contribution in [2.75, 3.05) is 27.3 Å². The molecule has 3 rings (SSSR count). The van der Waals surface area contributed by atoms with Crippen LogP contribution in [0.25, 0.3) is 0 Å². The maximum Gasteiger partial charge on any atom is 0.408 e. The number of nitrogens with one attached hydrogen (secondary N) is 1. The predicted octanol–water partition coefficient (Wildman–Crippen LogP) is 3.89. The molecule has 1 amide bonds. The number of amides is 1. The fraction of sp³-hybridized carbons (Fsp3) is 0.625. The third-order valence-electron chi connectivity index (χ3n) is 5.40. The number of carbonyl (C=O) groups excluding carboxylic acids is 1. The van der Waals surface area contributed by atoms with E-state index in [1.54, 1.807) is 28.1 Å². The summed E-state index contributed by atoms with van der Waals surface area (Å²) in [4.78, 5) is 18.9. The van der Waals surface area contributed by atoms with Crippen molar-refractivity contribution in [3.8, 4) is 17.2 Å². The van der Waals surface area contributed by atoms with Crippen LogP contribution in [0.15, 0.2) is 22.7 Å². The van der Waals surface area contributed by atoms with E-state index < -0.39 is 17.2 Å². The molecule has 0 atom stereocenters. The van der Waals surface area contributed by atoms with Gasteiger partial charge in [0, 0.05) is 13.1 Å². The van der Waals surface area contributed by atoms with Gasteiger partial charge in [0.25, 0.3) is 0 Å². The maximum absolute atomic E-state index is 12.2. The van der Waals surface area contributed by atoms with Crippen LogP contribution in [0.5, 0.6) is 17.2 Å². The molecule has 0 saturated carbocycles. The van der Waals surface area contributed by atoms with Crippen molar-refractivity contribution in [2.45, 2.75) is 71.2 Å². The molecule has 1 saturated heterocycles. The minimum Gasteiger partial charge on any atom is -0.493 e. The van der Waals surface area contributed by atoms with E-state index in [1.165, 1.54) is 0 Å². The highest BCUT2D eigenvalue weighted by Gasteiger charge is 2.31. The van der Waals surface area contributed by atoms with Gasteiger partial charge in [0.2, 0.25) is 11.6 Å². The van der Waals surface area contributed by atoms with Crippen molar-refractivity contribution < 1.29 is 28.3 Å². The molecule has 188 valence electrons. The van der Waals surface area contributed by atoms with Crippen molar-refractivity contribution in [1.82, 2.24) is 20.4 Å². The molecule has 0 bridgehead atoms. The number of nitrogens with zero attached hydrogens (tertiary/aromatic N) is 3. The summed E-state index contributed by atoms with van der Waals surface area (Å²) in [5, 5.41) is 6.87. The number of aromatic nitrogens is 2. The van der Waals surface area contributed by atoms with E-state index in [0.29, 0.717) is 35.5 Å². The van der Waals surface area contributed by atoms with Crippen LogP contribution in [0.4, 0.5) is 4.79 Å². The highest BCUT2D eigenvalue weighted by atomic mass is 16.6. The Morgan fingerprint density at radius 1 is 1.12 bits per heavy atom. The van der Waals surface area contributed by atoms with Gasteiger partial charge in [-0.1, -0.05) is 11.2 Å². The number of para-hydroxylation sites is 1. The molecule has 0 unspecified atom stereocenters. The second-order valence-electron chi connectivity index (χ2n) is 9.85. The molecule has 1 aromatic carbocycles. The normalized spacial score (nSPS) is 15.6. The first-order chi connectivity index (χ1) is 16.0. The molecule has 0 radical (unpaired) electrons. The quantitative estimate of drug-likeness (QED) is 0.607. The Kier molecular flexibility index (Phi) is 7.91. The van der Waals surface area contributed by atoms with E-state index in [2.05, 4.69) is 20.4 Å². The predicted molar refractivity (Wildman–Crippen MR) is 125 cm³/mol. The Morgan fingerprint density at radius 2 is 1.74 bits per heavy atom. The highest BCUT2D eigenvalue weighted by molar-refractivity contribution is 5.68. The average molecular weight is 477 g/mol. The van der Waals surface area contributed by atoms with E-state index in [0.717, 1.165) is 25.9 Å². The van der Waals surface area contributed by atoms with Crippen molar-refractivity contribution in [2.24, 2.45) is 0 Å². The van der Waals surface area contributed by atoms with Gasteiger partial charge in [-0.3, -0.25) is 4.90 Å². The van der Waals surface area contributed by atoms with Gasteiger partial charge in [-0.15, -0.1) is 0 Å². The number of hydrogen-bond donors (Lipinski definition) is 1. The molecular formula is C24H36N4O6. The maximum atomic E-state index is 12.2. The van der Waals surface area contributed by atoms with E-state index in [1.807, 2.05) is 39.0 Å². The number of alkyl carbamates (subject to hydrolysis) is 1. The second-order valence-corrected chi connectivity index (χ2v) is 9.85. The molecule has 1 fully saturated rings. The molecule has 2 aromatic rings. The number of methoxy groups -OCH3 is 2. The zero-order valence-electron chi connectivity index (χ0n) is 21.1. The molecule has 34 heavy (non-hydrogen) atoms. The SMILES string of the molecule is COc1cccc(OC)c1OC1CCN(Cc2nc(C(C)(C)NC(=O)OC(C)(C)C)no2)CC1.